The maximum atomic E-state index is 13.5. The molecule has 0 nitrogen and oxygen atoms in total. The molecule has 1 saturated carbocycles. The second-order valence-electron chi connectivity index (χ2n) is 4.60. The molecular weight excluding hydrogens is 439 g/mol. The predicted molar refractivity (Wildman–Crippen MR) is 46.7 cm³/mol. The minimum absolute atomic E-state index is 0. The number of hydrogen-bond acceptors (Lipinski definition) is 0. The van der Waals surface area contributed by atoms with Crippen molar-refractivity contribution < 1.29 is 70.2 Å². The number of halogens is 16. The molecule has 0 bridgehead atoms. The number of alkyl halides is 16. The first kappa shape index (κ1) is 25.5. The summed E-state index contributed by atoms with van der Waals surface area (Å²) in [7, 11) is 0. The molecule has 0 aromatic carbocycles. The third-order valence-electron chi connectivity index (χ3n) is 3.23. The summed E-state index contributed by atoms with van der Waals surface area (Å²) in [5, 5.41) is 0. The van der Waals surface area contributed by atoms with Crippen molar-refractivity contribution in [2.45, 2.75) is 47.4 Å². The molecule has 0 N–H and O–H groups in total. The van der Waals surface area contributed by atoms with E-state index in [9.17, 15) is 70.2 Å². The molecule has 1 fully saturated rings. The Hall–Kier alpha value is 0.516. The van der Waals surface area contributed by atoms with Crippen LogP contribution in [-0.2, 0) is 0 Å². The number of hydrogen-bond donors (Lipinski definition) is 0. The summed E-state index contributed by atoms with van der Waals surface area (Å²) >= 11 is 0. The molecule has 17 heteroatoms. The van der Waals surface area contributed by atoms with Gasteiger partial charge in [0.2, 0.25) is 0 Å². The van der Waals surface area contributed by atoms with Crippen LogP contribution in [0.15, 0.2) is 0 Å². The Labute approximate surface area is 168 Å². The Morgan fingerprint density at radius 1 is 0.400 bits per heavy atom. The molecule has 0 aromatic rings. The maximum absolute atomic E-state index is 13.5. The van der Waals surface area contributed by atoms with Crippen molar-refractivity contribution in [1.82, 2.24) is 0 Å². The molecule has 0 saturated heterocycles. The molecule has 0 aliphatic heterocycles. The Bertz CT molecular complexity index is 499. The Balaban J connectivity index is 0.00000576. The molecule has 146 valence electrons. The van der Waals surface area contributed by atoms with Crippen LogP contribution in [-0.4, -0.2) is 98.8 Å². The van der Waals surface area contributed by atoms with Crippen molar-refractivity contribution in [3.8, 4) is 0 Å². The standard InChI is InChI=1S/C8F16.K.H/c9-1(4(14,15)8(22,23)24)2(10,11)5(16,17)7(20,21)6(18,19)3(1,12)13;;. The molecule has 0 spiro atoms. The van der Waals surface area contributed by atoms with Gasteiger partial charge in [-0.15, -0.1) is 0 Å². The molecule has 0 atom stereocenters. The first-order valence-corrected chi connectivity index (χ1v) is 5.02. The van der Waals surface area contributed by atoms with Gasteiger partial charge in [-0.2, -0.15) is 65.9 Å². The van der Waals surface area contributed by atoms with Crippen molar-refractivity contribution in [1.29, 1.82) is 0 Å². The van der Waals surface area contributed by atoms with Gasteiger partial charge in [0.25, 0.3) is 0 Å². The predicted octanol–water partition coefficient (Wildman–Crippen LogP) is 4.43. The second-order valence-corrected chi connectivity index (χ2v) is 4.60. The van der Waals surface area contributed by atoms with Crippen molar-refractivity contribution in [3.05, 3.63) is 0 Å². The zero-order valence-electron chi connectivity index (χ0n) is 10.0. The second kappa shape index (κ2) is 5.76. The van der Waals surface area contributed by atoms with Crippen molar-refractivity contribution in [2.75, 3.05) is 0 Å². The Morgan fingerprint density at radius 3 is 0.800 bits per heavy atom. The van der Waals surface area contributed by atoms with E-state index in [0.29, 0.717) is 0 Å². The van der Waals surface area contributed by atoms with Crippen molar-refractivity contribution in [3.63, 3.8) is 0 Å². The van der Waals surface area contributed by atoms with Gasteiger partial charge in [-0.25, -0.2) is 4.39 Å². The quantitative estimate of drug-likeness (QED) is 0.418. The van der Waals surface area contributed by atoms with E-state index in [2.05, 4.69) is 0 Å². The summed E-state index contributed by atoms with van der Waals surface area (Å²) in [6.45, 7) is 0. The molecule has 25 heavy (non-hydrogen) atoms. The van der Waals surface area contributed by atoms with Gasteiger partial charge >= 0.3 is 98.8 Å². The third kappa shape index (κ3) is 2.36. The fourth-order valence-electron chi connectivity index (χ4n) is 1.81. The van der Waals surface area contributed by atoms with E-state index in [1.54, 1.807) is 0 Å². The van der Waals surface area contributed by atoms with Gasteiger partial charge in [0.15, 0.2) is 0 Å². The number of rotatable bonds is 1. The fraction of sp³-hybridized carbons (Fsp3) is 1.00. The monoisotopic (exact) mass is 440 g/mol. The average Bonchev–Trinajstić information content (AvgIpc) is 2.33. The van der Waals surface area contributed by atoms with Crippen LogP contribution in [0, 0.1) is 0 Å². The van der Waals surface area contributed by atoms with Crippen LogP contribution in [0.1, 0.15) is 0 Å². The van der Waals surface area contributed by atoms with Gasteiger partial charge in [0.1, 0.15) is 0 Å². The molecule has 0 unspecified atom stereocenters. The molecule has 1 aliphatic carbocycles. The van der Waals surface area contributed by atoms with E-state index in [0.717, 1.165) is 0 Å². The zero-order valence-corrected chi connectivity index (χ0v) is 10.0. The first-order chi connectivity index (χ1) is 10.0. The third-order valence-corrected chi connectivity index (χ3v) is 3.23. The molecular formula is C8HF16K. The molecule has 0 aromatic heterocycles. The van der Waals surface area contributed by atoms with E-state index < -0.39 is 47.4 Å². The summed E-state index contributed by atoms with van der Waals surface area (Å²) in [6, 6.07) is 0. The van der Waals surface area contributed by atoms with E-state index in [1.807, 2.05) is 0 Å². The van der Waals surface area contributed by atoms with Gasteiger partial charge < -0.3 is 0 Å². The van der Waals surface area contributed by atoms with Crippen LogP contribution in [0.25, 0.3) is 0 Å². The molecule has 1 rings (SSSR count). The van der Waals surface area contributed by atoms with Gasteiger partial charge in [-0.1, -0.05) is 0 Å². The molecule has 0 radical (unpaired) electrons. The molecule has 0 amide bonds. The topological polar surface area (TPSA) is 0 Å². The summed E-state index contributed by atoms with van der Waals surface area (Å²) < 4.78 is 203. The van der Waals surface area contributed by atoms with Crippen LogP contribution >= 0.6 is 0 Å². The average molecular weight is 440 g/mol. The van der Waals surface area contributed by atoms with Gasteiger partial charge in [-0.05, 0) is 0 Å². The van der Waals surface area contributed by atoms with E-state index in [-0.39, 0.29) is 51.4 Å². The normalized spacial score (nSPS) is 28.8. The fourth-order valence-corrected chi connectivity index (χ4v) is 1.81. The summed E-state index contributed by atoms with van der Waals surface area (Å²) in [6.07, 6.45) is -7.84. The summed E-state index contributed by atoms with van der Waals surface area (Å²) in [5.41, 5.74) is -8.43. The van der Waals surface area contributed by atoms with Crippen molar-refractivity contribution >= 4 is 51.4 Å². The van der Waals surface area contributed by atoms with E-state index >= 15 is 0 Å². The Morgan fingerprint density at radius 2 is 0.600 bits per heavy atom. The van der Waals surface area contributed by atoms with Crippen LogP contribution in [0.5, 0.6) is 0 Å². The van der Waals surface area contributed by atoms with Crippen LogP contribution in [0.2, 0.25) is 0 Å². The first-order valence-electron chi connectivity index (χ1n) is 5.02. The minimum atomic E-state index is -8.43. The van der Waals surface area contributed by atoms with Crippen LogP contribution in [0.4, 0.5) is 70.2 Å². The van der Waals surface area contributed by atoms with Crippen LogP contribution in [0.3, 0.4) is 0 Å². The van der Waals surface area contributed by atoms with Crippen molar-refractivity contribution in [2.24, 2.45) is 0 Å². The van der Waals surface area contributed by atoms with Gasteiger partial charge in [0, 0.05) is 0 Å². The zero-order chi connectivity index (χ0) is 20.0. The summed E-state index contributed by atoms with van der Waals surface area (Å²) in [4.78, 5) is 0. The SMILES string of the molecule is FC(F)(F)C(F)(F)C1(F)C(F)(F)C(F)(F)C(F)(F)C(F)(F)C1(F)F.[KH]. The Kier molecular flexibility index (Phi) is 5.88. The van der Waals surface area contributed by atoms with E-state index in [4.69, 9.17) is 0 Å². The molecule has 0 heterocycles. The molecule has 1 aliphatic rings. The van der Waals surface area contributed by atoms with E-state index in [1.165, 1.54) is 0 Å². The van der Waals surface area contributed by atoms with Gasteiger partial charge in [-0.3, -0.25) is 0 Å². The van der Waals surface area contributed by atoms with Crippen LogP contribution < -0.4 is 0 Å². The van der Waals surface area contributed by atoms with Gasteiger partial charge in [0.05, 0.1) is 0 Å². The summed E-state index contributed by atoms with van der Waals surface area (Å²) in [5.74, 6) is -48.7.